The molecule has 0 fully saturated rings. The van der Waals surface area contributed by atoms with E-state index in [2.05, 4.69) is 12.2 Å². The van der Waals surface area contributed by atoms with Crippen molar-refractivity contribution in [2.45, 2.75) is 53.2 Å². The Hall–Kier alpha value is -1.55. The van der Waals surface area contributed by atoms with Gasteiger partial charge in [-0.2, -0.15) is 0 Å². The fraction of sp³-hybridized carbons (Fsp3) is 0.588. The van der Waals surface area contributed by atoms with E-state index in [0.717, 1.165) is 17.7 Å². The lowest BCUT2D eigenvalue weighted by Crippen LogP contribution is -2.37. The second kappa shape index (κ2) is 8.67. The normalized spacial score (nSPS) is 12.3. The third kappa shape index (κ3) is 6.63. The summed E-state index contributed by atoms with van der Waals surface area (Å²) in [6.45, 7) is 11.1. The molecule has 1 aromatic carbocycles. The average Bonchev–Trinajstić information content (AvgIpc) is 2.42. The van der Waals surface area contributed by atoms with Crippen molar-refractivity contribution in [3.63, 3.8) is 0 Å². The predicted octanol–water partition coefficient (Wildman–Crippen LogP) is 3.00. The maximum absolute atomic E-state index is 11.9. The van der Waals surface area contributed by atoms with E-state index in [-0.39, 0.29) is 12.0 Å². The third-order valence-corrected chi connectivity index (χ3v) is 3.23. The number of amides is 1. The summed E-state index contributed by atoms with van der Waals surface area (Å²) in [5.74, 6) is 0.627. The average molecular weight is 293 g/mol. The van der Waals surface area contributed by atoms with E-state index >= 15 is 0 Å². The van der Waals surface area contributed by atoms with Crippen molar-refractivity contribution in [2.24, 2.45) is 0 Å². The maximum atomic E-state index is 11.9. The first-order valence-corrected chi connectivity index (χ1v) is 7.53. The van der Waals surface area contributed by atoms with E-state index in [9.17, 15) is 4.79 Å². The van der Waals surface area contributed by atoms with E-state index < -0.39 is 6.10 Å². The lowest BCUT2D eigenvalue weighted by atomic mass is 10.1. The number of benzene rings is 1. The molecule has 0 bridgehead atoms. The Labute approximate surface area is 127 Å². The lowest BCUT2D eigenvalue weighted by molar-refractivity contribution is -0.127. The number of hydrogen-bond acceptors (Lipinski definition) is 3. The van der Waals surface area contributed by atoms with Crippen LogP contribution in [0.4, 0.5) is 0 Å². The SMILES string of the molecule is Cc1ccc(O[C@H](C)C(=O)NCCCOC(C)C)cc1C. The predicted molar refractivity (Wildman–Crippen MR) is 84.7 cm³/mol. The molecule has 1 atom stereocenters. The monoisotopic (exact) mass is 293 g/mol. The van der Waals surface area contributed by atoms with Gasteiger partial charge in [-0.05, 0) is 64.3 Å². The molecule has 0 spiro atoms. The summed E-state index contributed by atoms with van der Waals surface area (Å²) in [7, 11) is 0. The molecule has 0 saturated heterocycles. The van der Waals surface area contributed by atoms with Crippen molar-refractivity contribution in [3.05, 3.63) is 29.3 Å². The van der Waals surface area contributed by atoms with Crippen LogP contribution in [0.25, 0.3) is 0 Å². The molecule has 4 nitrogen and oxygen atoms in total. The molecule has 21 heavy (non-hydrogen) atoms. The smallest absolute Gasteiger partial charge is 0.260 e. The summed E-state index contributed by atoms with van der Waals surface area (Å²) in [5.41, 5.74) is 2.37. The van der Waals surface area contributed by atoms with Gasteiger partial charge in [0.25, 0.3) is 5.91 Å². The second-order valence-electron chi connectivity index (χ2n) is 5.57. The van der Waals surface area contributed by atoms with E-state index in [1.165, 1.54) is 5.56 Å². The van der Waals surface area contributed by atoms with Crippen LogP contribution in [-0.4, -0.2) is 31.3 Å². The summed E-state index contributed by atoms with van der Waals surface area (Å²) in [6.07, 6.45) is 0.533. The molecule has 4 heteroatoms. The molecule has 1 rings (SSSR count). The molecule has 0 heterocycles. The van der Waals surface area contributed by atoms with Gasteiger partial charge in [0, 0.05) is 13.2 Å². The summed E-state index contributed by atoms with van der Waals surface area (Å²) >= 11 is 0. The molecular weight excluding hydrogens is 266 g/mol. The number of aryl methyl sites for hydroxylation is 2. The van der Waals surface area contributed by atoms with Crippen molar-refractivity contribution in [3.8, 4) is 5.75 Å². The minimum atomic E-state index is -0.502. The number of ether oxygens (including phenoxy) is 2. The fourth-order valence-electron chi connectivity index (χ4n) is 1.79. The van der Waals surface area contributed by atoms with Crippen LogP contribution in [0.5, 0.6) is 5.75 Å². The van der Waals surface area contributed by atoms with Crippen molar-refractivity contribution in [2.75, 3.05) is 13.2 Å². The first kappa shape index (κ1) is 17.5. The Balaban J connectivity index is 2.32. The van der Waals surface area contributed by atoms with E-state index in [1.54, 1.807) is 6.92 Å². The zero-order valence-corrected chi connectivity index (χ0v) is 13.7. The molecular formula is C17H27NO3. The number of carbonyl (C=O) groups excluding carboxylic acids is 1. The zero-order valence-electron chi connectivity index (χ0n) is 13.7. The van der Waals surface area contributed by atoms with Crippen LogP contribution in [0.1, 0.15) is 38.3 Å². The van der Waals surface area contributed by atoms with E-state index in [4.69, 9.17) is 9.47 Å². The van der Waals surface area contributed by atoms with Crippen LogP contribution in [0.2, 0.25) is 0 Å². The van der Waals surface area contributed by atoms with E-state index in [1.807, 2.05) is 39.0 Å². The van der Waals surface area contributed by atoms with Crippen molar-refractivity contribution >= 4 is 5.91 Å². The van der Waals surface area contributed by atoms with Gasteiger partial charge in [0.15, 0.2) is 6.10 Å². The second-order valence-corrected chi connectivity index (χ2v) is 5.57. The van der Waals surface area contributed by atoms with Gasteiger partial charge in [0.05, 0.1) is 6.10 Å². The molecule has 1 N–H and O–H groups in total. The standard InChI is InChI=1S/C17H27NO3/c1-12(2)20-10-6-9-18-17(19)15(5)21-16-8-7-13(3)14(4)11-16/h7-8,11-12,15H,6,9-10H2,1-5H3,(H,18,19)/t15-/m1/s1. The summed E-state index contributed by atoms with van der Waals surface area (Å²) in [4.78, 5) is 11.9. The molecule has 0 aromatic heterocycles. The van der Waals surface area contributed by atoms with Gasteiger partial charge in [-0.25, -0.2) is 0 Å². The first-order chi connectivity index (χ1) is 9.90. The van der Waals surface area contributed by atoms with Crippen LogP contribution in [0.15, 0.2) is 18.2 Å². The molecule has 1 amide bonds. The molecule has 0 saturated carbocycles. The van der Waals surface area contributed by atoms with Crippen LogP contribution in [0.3, 0.4) is 0 Å². The van der Waals surface area contributed by atoms with Gasteiger partial charge < -0.3 is 14.8 Å². The highest BCUT2D eigenvalue weighted by Crippen LogP contribution is 2.17. The largest absolute Gasteiger partial charge is 0.481 e. The molecule has 1 aromatic rings. The Morgan fingerprint density at radius 3 is 2.52 bits per heavy atom. The van der Waals surface area contributed by atoms with Gasteiger partial charge in [-0.1, -0.05) is 6.07 Å². The molecule has 118 valence electrons. The number of nitrogens with one attached hydrogen (secondary N) is 1. The Bertz CT molecular complexity index is 457. The quantitative estimate of drug-likeness (QED) is 0.750. The van der Waals surface area contributed by atoms with Crippen LogP contribution in [0, 0.1) is 13.8 Å². The van der Waals surface area contributed by atoms with Gasteiger partial charge >= 0.3 is 0 Å². The Morgan fingerprint density at radius 2 is 1.90 bits per heavy atom. The highest BCUT2D eigenvalue weighted by molar-refractivity contribution is 5.80. The summed E-state index contributed by atoms with van der Waals surface area (Å²) in [6, 6.07) is 5.84. The number of carbonyl (C=O) groups is 1. The number of hydrogen-bond donors (Lipinski definition) is 1. The molecule has 0 radical (unpaired) electrons. The first-order valence-electron chi connectivity index (χ1n) is 7.53. The summed E-state index contributed by atoms with van der Waals surface area (Å²) < 4.78 is 11.1. The van der Waals surface area contributed by atoms with Crippen LogP contribution < -0.4 is 10.1 Å². The molecule has 0 unspecified atom stereocenters. The molecule has 0 aliphatic carbocycles. The minimum absolute atomic E-state index is 0.0993. The fourth-order valence-corrected chi connectivity index (χ4v) is 1.79. The highest BCUT2D eigenvalue weighted by Gasteiger charge is 2.14. The minimum Gasteiger partial charge on any atom is -0.481 e. The topological polar surface area (TPSA) is 47.6 Å². The van der Waals surface area contributed by atoms with Crippen LogP contribution in [-0.2, 0) is 9.53 Å². The van der Waals surface area contributed by atoms with Crippen molar-refractivity contribution in [1.29, 1.82) is 0 Å². The Morgan fingerprint density at radius 1 is 1.19 bits per heavy atom. The summed E-state index contributed by atoms with van der Waals surface area (Å²) in [5, 5.41) is 2.86. The van der Waals surface area contributed by atoms with Gasteiger partial charge in [-0.3, -0.25) is 4.79 Å². The number of rotatable bonds is 8. The Kier molecular flexibility index (Phi) is 7.23. The van der Waals surface area contributed by atoms with Gasteiger partial charge in [-0.15, -0.1) is 0 Å². The van der Waals surface area contributed by atoms with E-state index in [0.29, 0.717) is 13.2 Å². The molecule has 0 aliphatic rings. The highest BCUT2D eigenvalue weighted by atomic mass is 16.5. The maximum Gasteiger partial charge on any atom is 0.260 e. The zero-order chi connectivity index (χ0) is 15.8. The molecule has 0 aliphatic heterocycles. The third-order valence-electron chi connectivity index (χ3n) is 3.23. The van der Waals surface area contributed by atoms with Crippen LogP contribution >= 0.6 is 0 Å². The van der Waals surface area contributed by atoms with Crippen molar-refractivity contribution < 1.29 is 14.3 Å². The lowest BCUT2D eigenvalue weighted by Gasteiger charge is -2.15. The van der Waals surface area contributed by atoms with Gasteiger partial charge in [0.1, 0.15) is 5.75 Å². The van der Waals surface area contributed by atoms with Gasteiger partial charge in [0.2, 0.25) is 0 Å². The van der Waals surface area contributed by atoms with Crippen molar-refractivity contribution in [1.82, 2.24) is 5.32 Å².